The summed E-state index contributed by atoms with van der Waals surface area (Å²) in [6.45, 7) is 4.71. The summed E-state index contributed by atoms with van der Waals surface area (Å²) in [4.78, 5) is 22.5. The van der Waals surface area contributed by atoms with Crippen LogP contribution in [0.25, 0.3) is 0 Å². The van der Waals surface area contributed by atoms with Crippen molar-refractivity contribution in [3.05, 3.63) is 72.9 Å². The molecule has 0 aliphatic rings. The Morgan fingerprint density at radius 2 is 1.04 bits per heavy atom. The molecule has 2 unspecified atom stereocenters. The van der Waals surface area contributed by atoms with Crippen LogP contribution in [-0.2, 0) is 27.9 Å². The van der Waals surface area contributed by atoms with Gasteiger partial charge in [-0.2, -0.15) is 0 Å². The summed E-state index contributed by atoms with van der Waals surface area (Å²) in [6.07, 6.45) is 52.1. The largest absolute Gasteiger partial charge is 0.472 e. The number of phosphoric acid groups is 1. The fourth-order valence-corrected chi connectivity index (χ4v) is 6.25. The van der Waals surface area contributed by atoms with Gasteiger partial charge < -0.3 is 20.1 Å². The van der Waals surface area contributed by atoms with Gasteiger partial charge in [0.2, 0.25) is 0 Å². The van der Waals surface area contributed by atoms with Gasteiger partial charge in [-0.25, -0.2) is 4.57 Å². The quantitative estimate of drug-likeness (QED) is 0.0273. The van der Waals surface area contributed by atoms with Crippen LogP contribution in [0.15, 0.2) is 72.9 Å². The third-order valence-electron chi connectivity index (χ3n) is 8.61. The van der Waals surface area contributed by atoms with E-state index >= 15 is 0 Å². The lowest BCUT2D eigenvalue weighted by Crippen LogP contribution is -2.28. The highest BCUT2D eigenvalue weighted by atomic mass is 31.2. The number of unbranched alkanes of at least 4 members (excludes halogenated alkanes) is 15. The van der Waals surface area contributed by atoms with E-state index in [9.17, 15) is 14.3 Å². The molecule has 0 saturated heterocycles. The van der Waals surface area contributed by atoms with Crippen molar-refractivity contribution < 1.29 is 32.8 Å². The Bertz CT molecular complexity index is 1050. The Kier molecular flexibility index (Phi) is 40.5. The number of carbonyl (C=O) groups excluding carboxylic acids is 1. The van der Waals surface area contributed by atoms with Crippen LogP contribution >= 0.6 is 7.82 Å². The van der Waals surface area contributed by atoms with Gasteiger partial charge in [0.15, 0.2) is 0 Å². The second kappa shape index (κ2) is 42.1. The molecule has 9 heteroatoms. The molecule has 0 heterocycles. The van der Waals surface area contributed by atoms with E-state index in [4.69, 9.17) is 24.3 Å². The Balaban J connectivity index is 4.10. The van der Waals surface area contributed by atoms with Gasteiger partial charge >= 0.3 is 13.8 Å². The van der Waals surface area contributed by atoms with Crippen molar-refractivity contribution in [2.75, 3.05) is 33.0 Å². The number of hydrogen-bond donors (Lipinski definition) is 2. The zero-order valence-electron chi connectivity index (χ0n) is 34.4. The summed E-state index contributed by atoms with van der Waals surface area (Å²) in [5, 5.41) is 0. The highest BCUT2D eigenvalue weighted by Crippen LogP contribution is 2.43. The first-order chi connectivity index (χ1) is 26.4. The summed E-state index contributed by atoms with van der Waals surface area (Å²) in [7, 11) is -4.29. The molecule has 0 saturated carbocycles. The molecule has 0 aromatic carbocycles. The lowest BCUT2D eigenvalue weighted by Gasteiger charge is -2.20. The monoisotopic (exact) mass is 778 g/mol. The fraction of sp³-hybridized carbons (Fsp3) is 0.711. The van der Waals surface area contributed by atoms with Crippen LogP contribution in [0, 0.1) is 0 Å². The molecule has 0 fully saturated rings. The average molecular weight is 778 g/mol. The standard InChI is InChI=1S/C45H80NO7P/c1-3-5-7-9-11-13-15-17-19-20-21-22-23-24-25-26-28-30-32-34-36-38-45(47)53-44(43-52-54(48,49)51-41-39-46)42-50-40-37-35-33-31-29-27-18-16-14-12-10-8-6-4-2/h6,8,12,14-15,17-18,20-21,23-24,27,44H,3-5,7,9-11,13,16,19,22,25-26,28-43,46H2,1-2H3,(H,48,49)/b8-6-,14-12-,17-15-,21-20-,24-23-,27-18-. The number of phosphoric ester groups is 1. The van der Waals surface area contributed by atoms with E-state index in [-0.39, 0.29) is 32.3 Å². The van der Waals surface area contributed by atoms with Gasteiger partial charge in [0.1, 0.15) is 6.10 Å². The topological polar surface area (TPSA) is 117 Å². The average Bonchev–Trinajstić information content (AvgIpc) is 3.16. The maximum Gasteiger partial charge on any atom is 0.472 e. The van der Waals surface area contributed by atoms with Crippen molar-refractivity contribution in [3.8, 4) is 0 Å². The highest BCUT2D eigenvalue weighted by Gasteiger charge is 2.25. The van der Waals surface area contributed by atoms with Crippen LogP contribution < -0.4 is 5.73 Å². The third-order valence-corrected chi connectivity index (χ3v) is 9.59. The van der Waals surface area contributed by atoms with Gasteiger partial charge in [0.25, 0.3) is 0 Å². The van der Waals surface area contributed by atoms with Crippen molar-refractivity contribution in [1.82, 2.24) is 0 Å². The summed E-state index contributed by atoms with van der Waals surface area (Å²) in [5.41, 5.74) is 5.36. The summed E-state index contributed by atoms with van der Waals surface area (Å²) in [6, 6.07) is 0. The van der Waals surface area contributed by atoms with Crippen LogP contribution in [0.5, 0.6) is 0 Å². The van der Waals surface area contributed by atoms with E-state index in [0.717, 1.165) is 96.3 Å². The van der Waals surface area contributed by atoms with Crippen LogP contribution in [0.4, 0.5) is 0 Å². The van der Waals surface area contributed by atoms with E-state index in [1.807, 2.05) is 0 Å². The van der Waals surface area contributed by atoms with Crippen molar-refractivity contribution in [1.29, 1.82) is 0 Å². The zero-order valence-corrected chi connectivity index (χ0v) is 35.3. The van der Waals surface area contributed by atoms with E-state index in [2.05, 4.69) is 86.8 Å². The van der Waals surface area contributed by atoms with Crippen LogP contribution in [0.1, 0.15) is 168 Å². The third kappa shape index (κ3) is 41.1. The first-order valence-electron chi connectivity index (χ1n) is 21.4. The highest BCUT2D eigenvalue weighted by molar-refractivity contribution is 7.47. The second-order valence-corrected chi connectivity index (χ2v) is 15.3. The fourth-order valence-electron chi connectivity index (χ4n) is 5.49. The molecule has 0 spiro atoms. The summed E-state index contributed by atoms with van der Waals surface area (Å²) in [5.74, 6) is -0.354. The van der Waals surface area contributed by atoms with Crippen molar-refractivity contribution in [2.24, 2.45) is 5.73 Å². The van der Waals surface area contributed by atoms with Crippen LogP contribution in [0.3, 0.4) is 0 Å². The maximum atomic E-state index is 12.6. The summed E-state index contributed by atoms with van der Waals surface area (Å²) >= 11 is 0. The lowest BCUT2D eigenvalue weighted by atomic mass is 10.1. The zero-order chi connectivity index (χ0) is 39.5. The minimum absolute atomic E-state index is 0.0902. The molecule has 0 amide bonds. The molecule has 0 bridgehead atoms. The Labute approximate surface area is 331 Å². The number of rotatable bonds is 40. The number of nitrogens with two attached hydrogens (primary N) is 1. The summed E-state index contributed by atoms with van der Waals surface area (Å²) < 4.78 is 33.4. The predicted octanol–water partition coefficient (Wildman–Crippen LogP) is 12.7. The predicted molar refractivity (Wildman–Crippen MR) is 228 cm³/mol. The molecule has 0 rings (SSSR count). The Morgan fingerprint density at radius 3 is 1.56 bits per heavy atom. The molecular formula is C45H80NO7P. The van der Waals surface area contributed by atoms with Crippen LogP contribution in [0.2, 0.25) is 0 Å². The first-order valence-corrected chi connectivity index (χ1v) is 22.9. The van der Waals surface area contributed by atoms with Gasteiger partial charge in [-0.15, -0.1) is 0 Å². The molecular weight excluding hydrogens is 697 g/mol. The van der Waals surface area contributed by atoms with Crippen molar-refractivity contribution >= 4 is 13.8 Å². The molecule has 0 aromatic heterocycles. The molecule has 0 aliphatic carbocycles. The first kappa shape index (κ1) is 51.9. The van der Waals surface area contributed by atoms with Crippen molar-refractivity contribution in [2.45, 2.75) is 174 Å². The number of carbonyl (C=O) groups is 1. The smallest absolute Gasteiger partial charge is 0.457 e. The molecule has 0 aromatic rings. The van der Waals surface area contributed by atoms with E-state index < -0.39 is 13.9 Å². The van der Waals surface area contributed by atoms with Gasteiger partial charge in [-0.3, -0.25) is 13.8 Å². The molecule has 0 aliphatic heterocycles. The van der Waals surface area contributed by atoms with Gasteiger partial charge in [-0.1, -0.05) is 151 Å². The number of esters is 1. The molecule has 312 valence electrons. The van der Waals surface area contributed by atoms with Gasteiger partial charge in [-0.05, 0) is 83.5 Å². The molecule has 0 radical (unpaired) electrons. The number of ether oxygens (including phenoxy) is 2. The minimum atomic E-state index is -4.29. The van der Waals surface area contributed by atoms with Gasteiger partial charge in [0, 0.05) is 19.6 Å². The SMILES string of the molecule is CC/C=C\C/C=C\C/C=C\CCCCCCOCC(COP(=O)(O)OCCN)OC(=O)CCCCCCCC/C=C\C/C=C\C/C=C\CCCCCCC. The second-order valence-electron chi connectivity index (χ2n) is 13.8. The Morgan fingerprint density at radius 1 is 0.574 bits per heavy atom. The molecule has 54 heavy (non-hydrogen) atoms. The molecule has 2 atom stereocenters. The number of allylic oxidation sites excluding steroid dienone is 12. The number of hydrogen-bond acceptors (Lipinski definition) is 7. The molecule has 8 nitrogen and oxygen atoms in total. The maximum absolute atomic E-state index is 12.6. The van der Waals surface area contributed by atoms with Crippen LogP contribution in [-0.4, -0.2) is 49.9 Å². The Hall–Kier alpha value is -2.06. The molecule has 3 N–H and O–H groups in total. The van der Waals surface area contributed by atoms with Crippen molar-refractivity contribution in [3.63, 3.8) is 0 Å². The van der Waals surface area contributed by atoms with E-state index in [1.54, 1.807) is 0 Å². The van der Waals surface area contributed by atoms with E-state index in [0.29, 0.717) is 13.0 Å². The van der Waals surface area contributed by atoms with E-state index in [1.165, 1.54) is 51.4 Å². The van der Waals surface area contributed by atoms with Gasteiger partial charge in [0.05, 0.1) is 19.8 Å². The lowest BCUT2D eigenvalue weighted by molar-refractivity contribution is -0.154. The minimum Gasteiger partial charge on any atom is -0.457 e. The normalized spacial score (nSPS) is 14.2.